The Morgan fingerprint density at radius 3 is 2.44 bits per heavy atom. The summed E-state index contributed by atoms with van der Waals surface area (Å²) in [6, 6.07) is -1.17. The summed E-state index contributed by atoms with van der Waals surface area (Å²) < 4.78 is 4.72. The van der Waals surface area contributed by atoms with Crippen molar-refractivity contribution in [2.45, 2.75) is 109 Å². The van der Waals surface area contributed by atoms with Gasteiger partial charge in [-0.25, -0.2) is 0 Å². The number of aliphatic hydroxyl groups is 1. The molecule has 8 heteroatoms. The summed E-state index contributed by atoms with van der Waals surface area (Å²) in [6.45, 7) is 16.4. The molecule has 2 bridgehead atoms. The number of carbonyl (C=O) groups is 3. The maximum atomic E-state index is 14.0. The molecule has 0 aromatic rings. The van der Waals surface area contributed by atoms with Gasteiger partial charge in [-0.3, -0.25) is 14.4 Å². The Morgan fingerprint density at radius 1 is 1.26 bits per heavy atom. The van der Waals surface area contributed by atoms with E-state index < -0.39 is 34.2 Å². The van der Waals surface area contributed by atoms with Crippen LogP contribution in [0.5, 0.6) is 0 Å². The van der Waals surface area contributed by atoms with Crippen LogP contribution in [0.25, 0.3) is 0 Å². The van der Waals surface area contributed by atoms with Gasteiger partial charge in [0.05, 0.1) is 35.8 Å². The quantitative estimate of drug-likeness (QED) is 0.475. The van der Waals surface area contributed by atoms with Crippen molar-refractivity contribution in [3.05, 3.63) is 0 Å². The van der Waals surface area contributed by atoms with Crippen LogP contribution in [0.3, 0.4) is 0 Å². The highest BCUT2D eigenvalue weighted by Crippen LogP contribution is 2.66. The molecular formula is C26H44N2O5S. The van der Waals surface area contributed by atoms with Gasteiger partial charge in [-0.1, -0.05) is 34.6 Å². The molecule has 2 unspecified atom stereocenters. The molecule has 3 aliphatic rings. The molecule has 3 fully saturated rings. The molecule has 0 aliphatic carbocycles. The topological polar surface area (TPSA) is 95.9 Å². The number of thioether (sulfide) groups is 1. The van der Waals surface area contributed by atoms with Crippen LogP contribution in [0.1, 0.15) is 81.1 Å². The van der Waals surface area contributed by atoms with Crippen LogP contribution >= 0.6 is 11.8 Å². The van der Waals surface area contributed by atoms with E-state index in [1.807, 2.05) is 27.7 Å². The smallest absolute Gasteiger partial charge is 0.310 e. The molecule has 3 saturated heterocycles. The Bertz CT molecular complexity index is 808. The molecule has 7 nitrogen and oxygen atoms in total. The molecule has 3 aliphatic heterocycles. The summed E-state index contributed by atoms with van der Waals surface area (Å²) in [5.74, 6) is -1.57. The number of nitrogens with one attached hydrogen (secondary N) is 1. The van der Waals surface area contributed by atoms with Gasteiger partial charge in [0.15, 0.2) is 0 Å². The van der Waals surface area contributed by atoms with E-state index in [4.69, 9.17) is 4.74 Å². The summed E-state index contributed by atoms with van der Waals surface area (Å²) >= 11 is 1.64. The second-order valence-electron chi connectivity index (χ2n) is 12.6. The molecule has 0 aromatic carbocycles. The lowest BCUT2D eigenvalue weighted by molar-refractivity contribution is -0.154. The number of amides is 2. The summed E-state index contributed by atoms with van der Waals surface area (Å²) in [5.41, 5.74) is -0.447. The van der Waals surface area contributed by atoms with Crippen molar-refractivity contribution < 1.29 is 24.2 Å². The largest absolute Gasteiger partial charge is 0.466 e. The van der Waals surface area contributed by atoms with Gasteiger partial charge in [0.25, 0.3) is 0 Å². The summed E-state index contributed by atoms with van der Waals surface area (Å²) in [7, 11) is 0. The van der Waals surface area contributed by atoms with E-state index in [-0.39, 0.29) is 47.6 Å². The van der Waals surface area contributed by atoms with E-state index in [1.54, 1.807) is 23.6 Å². The fraction of sp³-hybridized carbons (Fsp3) is 0.885. The number of hydrogen-bond donors (Lipinski definition) is 2. The van der Waals surface area contributed by atoms with Gasteiger partial charge in [0.1, 0.15) is 6.04 Å². The number of carbonyl (C=O) groups excluding carboxylic acids is 3. The van der Waals surface area contributed by atoms with Gasteiger partial charge < -0.3 is 20.1 Å². The number of fused-ring (bicyclic) bond motifs is 1. The maximum Gasteiger partial charge on any atom is 0.310 e. The Hall–Kier alpha value is -1.28. The molecule has 3 rings (SSSR count). The van der Waals surface area contributed by atoms with Crippen molar-refractivity contribution in [2.75, 3.05) is 13.2 Å². The molecule has 2 amide bonds. The minimum Gasteiger partial charge on any atom is -0.466 e. The first-order chi connectivity index (χ1) is 15.7. The molecular weight excluding hydrogens is 452 g/mol. The predicted octanol–water partition coefficient (Wildman–Crippen LogP) is 3.38. The Labute approximate surface area is 209 Å². The second-order valence-corrected chi connectivity index (χ2v) is 14.2. The van der Waals surface area contributed by atoms with Crippen molar-refractivity contribution in [1.29, 1.82) is 0 Å². The van der Waals surface area contributed by atoms with E-state index in [2.05, 4.69) is 26.1 Å². The molecule has 1 spiro atoms. The molecule has 0 saturated carbocycles. The summed E-state index contributed by atoms with van der Waals surface area (Å²) in [5, 5.41) is 13.5. The second kappa shape index (κ2) is 9.64. The number of nitrogens with zero attached hydrogens (tertiary/aromatic N) is 1. The highest BCUT2D eigenvalue weighted by Gasteiger charge is 2.74. The third-order valence-corrected chi connectivity index (χ3v) is 9.28. The third-order valence-electron chi connectivity index (χ3n) is 7.33. The van der Waals surface area contributed by atoms with E-state index in [0.29, 0.717) is 12.8 Å². The zero-order chi connectivity index (χ0) is 25.6. The number of esters is 1. The molecule has 2 N–H and O–H groups in total. The SMILES string of the molecule is CCOC(=O)[C@@H]1[C@H]2C(=O)N([C@@H](CO)CC(C)C)C(C(=O)NC(C)(C)CC(C)(C)C)C23CC[C@H]1S3. The van der Waals surface area contributed by atoms with Gasteiger partial charge in [0.2, 0.25) is 11.8 Å². The van der Waals surface area contributed by atoms with Crippen molar-refractivity contribution in [1.82, 2.24) is 10.2 Å². The Kier molecular flexibility index (Phi) is 7.74. The van der Waals surface area contributed by atoms with Crippen LogP contribution in [-0.4, -0.2) is 68.6 Å². The average Bonchev–Trinajstić information content (AvgIpc) is 3.31. The van der Waals surface area contributed by atoms with Crippen LogP contribution in [0.4, 0.5) is 0 Å². The number of aliphatic hydroxyl groups excluding tert-OH is 1. The van der Waals surface area contributed by atoms with Gasteiger partial charge >= 0.3 is 5.97 Å². The van der Waals surface area contributed by atoms with Crippen LogP contribution in [0.15, 0.2) is 0 Å². The molecule has 6 atom stereocenters. The molecule has 3 heterocycles. The van der Waals surface area contributed by atoms with E-state index >= 15 is 0 Å². The van der Waals surface area contributed by atoms with E-state index in [1.165, 1.54) is 0 Å². The van der Waals surface area contributed by atoms with Crippen LogP contribution in [0.2, 0.25) is 0 Å². The van der Waals surface area contributed by atoms with Crippen molar-refractivity contribution in [3.8, 4) is 0 Å². The van der Waals surface area contributed by atoms with Crippen LogP contribution < -0.4 is 5.32 Å². The molecule has 34 heavy (non-hydrogen) atoms. The standard InChI is InChI=1S/C26H44N2O5S/c1-9-33-23(32)18-17-10-11-26(34-17)19(18)22(31)28(16(13-29)12-15(2)3)20(26)21(30)27-25(7,8)14-24(4,5)6/h15-20,29H,9-14H2,1-8H3,(H,27,30)/t16-,17-,18+,19+,20?,26?/m1/s1. The lowest BCUT2D eigenvalue weighted by atomic mass is 9.71. The zero-order valence-electron chi connectivity index (χ0n) is 22.1. The van der Waals surface area contributed by atoms with Crippen molar-refractivity contribution >= 4 is 29.5 Å². The lowest BCUT2D eigenvalue weighted by Gasteiger charge is -2.40. The first-order valence-electron chi connectivity index (χ1n) is 12.8. The highest BCUT2D eigenvalue weighted by molar-refractivity contribution is 8.02. The highest BCUT2D eigenvalue weighted by atomic mass is 32.2. The van der Waals surface area contributed by atoms with Gasteiger partial charge in [0, 0.05) is 10.8 Å². The monoisotopic (exact) mass is 496 g/mol. The minimum atomic E-state index is -0.713. The van der Waals surface area contributed by atoms with Crippen molar-refractivity contribution in [3.63, 3.8) is 0 Å². The summed E-state index contributed by atoms with van der Waals surface area (Å²) in [6.07, 6.45) is 2.87. The van der Waals surface area contributed by atoms with Crippen LogP contribution in [-0.2, 0) is 19.1 Å². The van der Waals surface area contributed by atoms with Gasteiger partial charge in [-0.15, -0.1) is 11.8 Å². The molecule has 0 radical (unpaired) electrons. The van der Waals surface area contributed by atoms with Crippen molar-refractivity contribution in [2.24, 2.45) is 23.2 Å². The Balaban J connectivity index is 2.02. The predicted molar refractivity (Wildman–Crippen MR) is 134 cm³/mol. The summed E-state index contributed by atoms with van der Waals surface area (Å²) in [4.78, 5) is 42.6. The minimum absolute atomic E-state index is 0.00860. The third kappa shape index (κ3) is 4.99. The van der Waals surface area contributed by atoms with Crippen LogP contribution in [0, 0.1) is 23.2 Å². The first-order valence-corrected chi connectivity index (χ1v) is 13.6. The van der Waals surface area contributed by atoms with Gasteiger partial charge in [-0.2, -0.15) is 0 Å². The average molecular weight is 497 g/mol. The lowest BCUT2D eigenvalue weighted by Crippen LogP contribution is -2.60. The fourth-order valence-electron chi connectivity index (χ4n) is 6.88. The zero-order valence-corrected chi connectivity index (χ0v) is 23.0. The molecule has 0 aromatic heterocycles. The number of ether oxygens (including phenoxy) is 1. The normalized spacial score (nSPS) is 31.7. The molecule has 194 valence electrons. The Morgan fingerprint density at radius 2 is 1.91 bits per heavy atom. The maximum absolute atomic E-state index is 14.0. The first kappa shape index (κ1) is 27.3. The number of rotatable bonds is 9. The number of likely N-dealkylation sites (tertiary alicyclic amines) is 1. The number of hydrogen-bond acceptors (Lipinski definition) is 6. The fourth-order valence-corrected chi connectivity index (χ4v) is 9.08. The van der Waals surface area contributed by atoms with E-state index in [9.17, 15) is 19.5 Å². The van der Waals surface area contributed by atoms with Gasteiger partial charge in [-0.05, 0) is 57.8 Å². The van der Waals surface area contributed by atoms with E-state index in [0.717, 1.165) is 12.8 Å².